The molecule has 9 heteroatoms. The smallest absolute Gasteiger partial charge is 0.137 e. The number of halogens is 2. The van der Waals surface area contributed by atoms with Gasteiger partial charge in [-0.1, -0.05) is 28.5 Å². The van der Waals surface area contributed by atoms with Crippen LogP contribution in [0, 0.1) is 11.6 Å². The molecule has 1 N–H and O–H groups in total. The van der Waals surface area contributed by atoms with E-state index >= 15 is 0 Å². The predicted octanol–water partition coefficient (Wildman–Crippen LogP) is 4.63. The molecule has 30 heavy (non-hydrogen) atoms. The van der Waals surface area contributed by atoms with Gasteiger partial charge in [0.2, 0.25) is 0 Å². The van der Waals surface area contributed by atoms with Gasteiger partial charge in [0.05, 0.1) is 6.54 Å². The number of aromatic nitrogens is 4. The van der Waals surface area contributed by atoms with Crippen molar-refractivity contribution in [1.82, 2.24) is 19.7 Å². The quantitative estimate of drug-likeness (QED) is 0.455. The van der Waals surface area contributed by atoms with Crippen molar-refractivity contribution in [2.75, 3.05) is 0 Å². The molecular formula is C21H24F2N4OS2. The van der Waals surface area contributed by atoms with Gasteiger partial charge in [0.1, 0.15) is 29.9 Å². The molecule has 5 nitrogen and oxygen atoms in total. The number of hydrogen-bond donors (Lipinski definition) is 1. The summed E-state index contributed by atoms with van der Waals surface area (Å²) in [6.45, 7) is 3.89. The average Bonchev–Trinajstić information content (AvgIpc) is 3.26. The lowest BCUT2D eigenvalue weighted by Gasteiger charge is -2.34. The van der Waals surface area contributed by atoms with Crippen LogP contribution < -0.4 is 0 Å². The van der Waals surface area contributed by atoms with Crippen LogP contribution >= 0.6 is 21.6 Å². The van der Waals surface area contributed by atoms with Crippen molar-refractivity contribution in [3.05, 3.63) is 78.1 Å². The molecule has 0 radical (unpaired) electrons. The minimum atomic E-state index is -1.67. The summed E-state index contributed by atoms with van der Waals surface area (Å²) in [6.07, 6.45) is 8.13. The first kappa shape index (κ1) is 22.7. The van der Waals surface area contributed by atoms with Gasteiger partial charge in [-0.2, -0.15) is 5.10 Å². The third-order valence-corrected chi connectivity index (χ3v) is 8.52. The minimum Gasteiger partial charge on any atom is -0.382 e. The van der Waals surface area contributed by atoms with Crippen molar-refractivity contribution in [3.63, 3.8) is 0 Å². The lowest BCUT2D eigenvalue weighted by molar-refractivity contribution is 0.0134. The summed E-state index contributed by atoms with van der Waals surface area (Å²) >= 11 is 0. The van der Waals surface area contributed by atoms with Gasteiger partial charge >= 0.3 is 0 Å². The number of hydrogen-bond acceptors (Lipinski definition) is 6. The van der Waals surface area contributed by atoms with Crippen LogP contribution in [0.15, 0.2) is 55.4 Å². The van der Waals surface area contributed by atoms with Crippen molar-refractivity contribution in [2.24, 2.45) is 0 Å². The minimum absolute atomic E-state index is 0.0384. The molecule has 160 valence electrons. The highest BCUT2D eigenvalue weighted by molar-refractivity contribution is 8.77. The summed E-state index contributed by atoms with van der Waals surface area (Å²) in [6, 6.07) is 7.12. The molecule has 3 atom stereocenters. The fourth-order valence-corrected chi connectivity index (χ4v) is 6.24. The second kappa shape index (κ2) is 10.4. The first-order chi connectivity index (χ1) is 14.4. The molecule has 3 aromatic rings. The predicted molar refractivity (Wildman–Crippen MR) is 117 cm³/mol. The highest BCUT2D eigenvalue weighted by atomic mass is 33.1. The highest BCUT2D eigenvalue weighted by Gasteiger charge is 2.40. The number of rotatable bonds is 10. The summed E-state index contributed by atoms with van der Waals surface area (Å²) < 4.78 is 29.9. The Kier molecular flexibility index (Phi) is 7.85. The number of benzene rings is 1. The number of aliphatic hydroxyl groups is 1. The van der Waals surface area contributed by atoms with Crippen molar-refractivity contribution < 1.29 is 13.9 Å². The van der Waals surface area contributed by atoms with E-state index in [9.17, 15) is 13.9 Å². The lowest BCUT2D eigenvalue weighted by atomic mass is 9.90. The van der Waals surface area contributed by atoms with Crippen LogP contribution in [-0.4, -0.2) is 35.4 Å². The van der Waals surface area contributed by atoms with Gasteiger partial charge in [-0.25, -0.2) is 18.4 Å². The summed E-state index contributed by atoms with van der Waals surface area (Å²) in [5, 5.41) is 15.5. The van der Waals surface area contributed by atoms with Gasteiger partial charge in [0.15, 0.2) is 0 Å². The molecule has 0 bridgehead atoms. The maximum Gasteiger partial charge on any atom is 0.137 e. The molecule has 1 unspecified atom stereocenters. The van der Waals surface area contributed by atoms with Crippen LogP contribution in [0.4, 0.5) is 8.78 Å². The van der Waals surface area contributed by atoms with E-state index in [4.69, 9.17) is 0 Å². The third-order valence-electron chi connectivity index (χ3n) is 4.94. The zero-order valence-corrected chi connectivity index (χ0v) is 18.4. The van der Waals surface area contributed by atoms with Crippen LogP contribution in [0.5, 0.6) is 0 Å². The Hall–Kier alpha value is -1.97. The number of pyridine rings is 1. The average molecular weight is 451 g/mol. The van der Waals surface area contributed by atoms with E-state index in [1.807, 2.05) is 19.1 Å². The molecule has 0 saturated carbocycles. The molecular weight excluding hydrogens is 426 g/mol. The normalized spacial score (nSPS) is 15.5. The van der Waals surface area contributed by atoms with Gasteiger partial charge in [-0.15, -0.1) is 0 Å². The molecule has 2 aromatic heterocycles. The van der Waals surface area contributed by atoms with Gasteiger partial charge in [0, 0.05) is 28.5 Å². The number of nitrogens with zero attached hydrogens (tertiary/aromatic N) is 4. The topological polar surface area (TPSA) is 63.8 Å². The van der Waals surface area contributed by atoms with Crippen molar-refractivity contribution in [2.45, 2.75) is 49.3 Å². The molecule has 0 fully saturated rings. The molecule has 0 aliphatic heterocycles. The van der Waals surface area contributed by atoms with E-state index in [1.54, 1.807) is 23.2 Å². The molecule has 3 rings (SSSR count). The van der Waals surface area contributed by atoms with Crippen molar-refractivity contribution >= 4 is 21.6 Å². The van der Waals surface area contributed by atoms with E-state index in [1.165, 1.54) is 33.7 Å². The maximum absolute atomic E-state index is 14.6. The molecule has 0 aliphatic rings. The standard InChI is InChI=1S/C21H24F2N4OS2/c1-3-18(10-16-6-8-24-9-7-16)30-29-15(2)21(28,12-27-14-25-13-26-27)19-11-17(22)4-5-20(19)23/h4-9,11,13-15,18,28H,3,10,12H2,1-2H3/t15-,18?,21-/m1/s1. The van der Waals surface area contributed by atoms with Crippen molar-refractivity contribution in [3.8, 4) is 0 Å². The monoisotopic (exact) mass is 450 g/mol. The van der Waals surface area contributed by atoms with Crippen LogP contribution in [0.3, 0.4) is 0 Å². The van der Waals surface area contributed by atoms with Gasteiger partial charge < -0.3 is 5.11 Å². The van der Waals surface area contributed by atoms with E-state index in [0.29, 0.717) is 5.25 Å². The van der Waals surface area contributed by atoms with Crippen molar-refractivity contribution in [1.29, 1.82) is 0 Å². The molecule has 2 heterocycles. The second-order valence-electron chi connectivity index (χ2n) is 7.07. The third kappa shape index (κ3) is 5.59. The Morgan fingerprint density at radius 2 is 1.90 bits per heavy atom. The van der Waals surface area contributed by atoms with E-state index in [2.05, 4.69) is 22.0 Å². The fourth-order valence-electron chi connectivity index (χ4n) is 3.09. The molecule has 0 aliphatic carbocycles. The van der Waals surface area contributed by atoms with Gasteiger partial charge in [-0.3, -0.25) is 4.98 Å². The lowest BCUT2D eigenvalue weighted by Crippen LogP contribution is -2.41. The van der Waals surface area contributed by atoms with Crippen LogP contribution in [-0.2, 0) is 18.6 Å². The van der Waals surface area contributed by atoms with Crippen LogP contribution in [0.1, 0.15) is 31.4 Å². The Balaban J connectivity index is 1.79. The molecule has 0 amide bonds. The van der Waals surface area contributed by atoms with Gasteiger partial charge in [-0.05, 0) is 55.7 Å². The Labute approximate surface area is 182 Å². The zero-order chi connectivity index (χ0) is 21.6. The first-order valence-electron chi connectivity index (χ1n) is 9.63. The summed E-state index contributed by atoms with van der Waals surface area (Å²) in [5.41, 5.74) is -0.570. The maximum atomic E-state index is 14.6. The summed E-state index contributed by atoms with van der Waals surface area (Å²) in [5.74, 6) is -1.25. The second-order valence-corrected chi connectivity index (χ2v) is 9.98. The molecule has 0 spiro atoms. The Morgan fingerprint density at radius 3 is 2.57 bits per heavy atom. The Bertz CT molecular complexity index is 930. The van der Waals surface area contributed by atoms with E-state index < -0.39 is 22.5 Å². The summed E-state index contributed by atoms with van der Waals surface area (Å²) in [4.78, 5) is 7.93. The summed E-state index contributed by atoms with van der Waals surface area (Å²) in [7, 11) is 3.11. The first-order valence-corrected chi connectivity index (χ1v) is 11.9. The highest BCUT2D eigenvalue weighted by Crippen LogP contribution is 2.43. The molecule has 1 aromatic carbocycles. The zero-order valence-electron chi connectivity index (χ0n) is 16.8. The Morgan fingerprint density at radius 1 is 1.13 bits per heavy atom. The van der Waals surface area contributed by atoms with Crippen LogP contribution in [0.2, 0.25) is 0 Å². The molecule has 0 saturated heterocycles. The van der Waals surface area contributed by atoms with E-state index in [-0.39, 0.29) is 12.1 Å². The largest absolute Gasteiger partial charge is 0.382 e. The SMILES string of the molecule is CCC(Cc1ccncc1)SS[C@H](C)[C@](O)(Cn1cncn1)c1cc(F)ccc1F. The van der Waals surface area contributed by atoms with E-state index in [0.717, 1.165) is 31.0 Å². The van der Waals surface area contributed by atoms with Gasteiger partial charge in [0.25, 0.3) is 0 Å². The van der Waals surface area contributed by atoms with Crippen LogP contribution in [0.25, 0.3) is 0 Å². The fraction of sp³-hybridized carbons (Fsp3) is 0.381.